The molecule has 0 saturated heterocycles. The Balaban J connectivity index is 0.000000134. The van der Waals surface area contributed by atoms with Crippen molar-refractivity contribution >= 4 is 56.9 Å². The number of nitrogens with one attached hydrogen (secondary N) is 4. The first kappa shape index (κ1) is 80.0. The highest BCUT2D eigenvalue weighted by molar-refractivity contribution is 5.84. The van der Waals surface area contributed by atoms with Crippen molar-refractivity contribution < 1.29 is 0 Å². The maximum atomic E-state index is 12.5. The molecule has 115 heavy (non-hydrogen) atoms. The summed E-state index contributed by atoms with van der Waals surface area (Å²) in [7, 11) is 0. The fraction of sp³-hybridized carbons (Fsp3) is 0.293. The van der Waals surface area contributed by atoms with Gasteiger partial charge in [-0.05, 0) is 246 Å². The average Bonchev–Trinajstić information content (AvgIpc) is 0.772. The van der Waals surface area contributed by atoms with Crippen LogP contribution in [0.4, 0.5) is 17.2 Å². The lowest BCUT2D eigenvalue weighted by Gasteiger charge is -2.31. The topological polar surface area (TPSA) is 303 Å². The number of fused-ring (bicyclic) bond motifs is 8. The van der Waals surface area contributed by atoms with Crippen molar-refractivity contribution in [2.45, 2.75) is 167 Å². The number of hydrogen-bond donors (Lipinski definition) is 4. The molecule has 8 aromatic carbocycles. The SMILES string of the molecule is C=c1nc2c(c(=O)[nH]1)=Nc1cc(C)c(C)cc1N2CC(C)Cc1ccccc1.Cc1cc2nc3c(=O)[nH]c(=O)nc-3n(CCCc3ccc(C(C)(C)C)cc3)c2cc1C.Cc1ccc(CCCn2c3nc(=O)[nH]c(=O)c-3nc3cc(C)c(C)cc32)cc1.Cc1cccc(CCCn2c3nc(=O)[nH]c(=O)c-3nc3cc(C)c(C)cc32)c1. The number of hydrogen-bond acceptors (Lipinski definition) is 16. The molecule has 4 N–H and O–H groups in total. The van der Waals surface area contributed by atoms with Crippen LogP contribution in [0.25, 0.3) is 74.2 Å². The minimum Gasteiger partial charge on any atom is -0.322 e. The predicted molar refractivity (Wildman–Crippen MR) is 457 cm³/mol. The molecule has 0 saturated carbocycles. The lowest BCUT2D eigenvalue weighted by molar-refractivity contribution is 0.580. The molecule has 16 rings (SSSR count). The summed E-state index contributed by atoms with van der Waals surface area (Å²) in [5, 5.41) is 0.357. The highest BCUT2D eigenvalue weighted by atomic mass is 16.2. The molecule has 586 valence electrons. The maximum absolute atomic E-state index is 12.5. The number of aryl methyl sites for hydroxylation is 16. The van der Waals surface area contributed by atoms with Gasteiger partial charge in [-0.1, -0.05) is 149 Å². The number of benzene rings is 8. The van der Waals surface area contributed by atoms with Crippen LogP contribution in [0.2, 0.25) is 0 Å². The van der Waals surface area contributed by atoms with Crippen LogP contribution in [0.15, 0.2) is 190 Å². The summed E-state index contributed by atoms with van der Waals surface area (Å²) in [5.41, 5.74) is 22.0. The van der Waals surface area contributed by atoms with Crippen molar-refractivity contribution in [3.05, 3.63) is 319 Å². The molecule has 1 atom stereocenters. The molecular formula is C92H96N16O7. The molecule has 0 spiro atoms. The summed E-state index contributed by atoms with van der Waals surface area (Å²) in [6.07, 6.45) is 6.21. The minimum atomic E-state index is -0.644. The fourth-order valence-electron chi connectivity index (χ4n) is 14.6. The monoisotopic (exact) mass is 1540 g/mol. The van der Waals surface area contributed by atoms with Gasteiger partial charge in [0.2, 0.25) is 0 Å². The van der Waals surface area contributed by atoms with E-state index in [0.29, 0.717) is 59.7 Å². The molecule has 0 bridgehead atoms. The molecule has 0 amide bonds. The number of anilines is 2. The number of aromatic amines is 4. The maximum Gasteiger partial charge on any atom is 0.349 e. The molecule has 23 heteroatoms. The number of H-pyrrole nitrogens is 4. The van der Waals surface area contributed by atoms with Crippen LogP contribution >= 0.6 is 0 Å². The van der Waals surface area contributed by atoms with E-state index in [9.17, 15) is 33.6 Å². The Hall–Kier alpha value is -13.1. The third kappa shape index (κ3) is 18.2. The second-order valence-corrected chi connectivity index (χ2v) is 31.6. The van der Waals surface area contributed by atoms with E-state index in [-0.39, 0.29) is 28.1 Å². The number of rotatable bonds is 16. The summed E-state index contributed by atoms with van der Waals surface area (Å²) >= 11 is 0. The Morgan fingerprint density at radius 1 is 0.400 bits per heavy atom. The van der Waals surface area contributed by atoms with Crippen molar-refractivity contribution in [2.24, 2.45) is 10.9 Å². The van der Waals surface area contributed by atoms with Crippen molar-refractivity contribution in [2.75, 3.05) is 11.4 Å². The minimum absolute atomic E-state index is 0.133. The van der Waals surface area contributed by atoms with Gasteiger partial charge >= 0.3 is 17.1 Å². The summed E-state index contributed by atoms with van der Waals surface area (Å²) in [5.74, 6) is 1.97. The highest BCUT2D eigenvalue weighted by Gasteiger charge is 2.27. The highest BCUT2D eigenvalue weighted by Crippen LogP contribution is 2.38. The van der Waals surface area contributed by atoms with Gasteiger partial charge < -0.3 is 23.6 Å². The zero-order valence-corrected chi connectivity index (χ0v) is 67.7. The molecule has 1 aromatic heterocycles. The summed E-state index contributed by atoms with van der Waals surface area (Å²) in [6, 6.07) is 52.4. The van der Waals surface area contributed by atoms with Gasteiger partial charge in [0, 0.05) is 26.2 Å². The lowest BCUT2D eigenvalue weighted by atomic mass is 9.86. The molecular weight excluding hydrogens is 1440 g/mol. The average molecular weight is 1540 g/mol. The Kier molecular flexibility index (Phi) is 23.5. The van der Waals surface area contributed by atoms with Crippen LogP contribution in [0.5, 0.6) is 0 Å². The van der Waals surface area contributed by atoms with Gasteiger partial charge in [-0.3, -0.25) is 34.1 Å². The van der Waals surface area contributed by atoms with E-state index in [1.165, 1.54) is 44.5 Å². The van der Waals surface area contributed by atoms with Crippen molar-refractivity contribution in [1.82, 2.24) is 68.5 Å². The third-order valence-corrected chi connectivity index (χ3v) is 21.5. The Labute approximate surface area is 664 Å². The van der Waals surface area contributed by atoms with Gasteiger partial charge in [0.25, 0.3) is 22.2 Å². The Morgan fingerprint density at radius 2 is 0.809 bits per heavy atom. The van der Waals surface area contributed by atoms with Crippen molar-refractivity contribution in [3.8, 4) is 34.6 Å². The van der Waals surface area contributed by atoms with Crippen LogP contribution < -0.4 is 55.0 Å². The van der Waals surface area contributed by atoms with Crippen molar-refractivity contribution in [3.63, 3.8) is 0 Å². The fourth-order valence-corrected chi connectivity index (χ4v) is 14.6. The van der Waals surface area contributed by atoms with Crippen LogP contribution in [0.1, 0.15) is 130 Å². The molecule has 9 aromatic rings. The number of nitrogens with zero attached hydrogens (tertiary/aromatic N) is 12. The summed E-state index contributed by atoms with van der Waals surface area (Å²) in [6.45, 7) is 35.8. The Morgan fingerprint density at radius 3 is 1.25 bits per heavy atom. The van der Waals surface area contributed by atoms with E-state index in [2.05, 4.69) is 248 Å². The van der Waals surface area contributed by atoms with Gasteiger partial charge in [0.05, 0.1) is 44.5 Å². The standard InChI is InChI=1S/C25H28N4O2.C23H24N4O.2C22H22N4O2/c1-15-13-19-20(14-16(15)2)29(22-21(26-19)23(30)28-24(31)27-22)12-6-7-17-8-10-18(11-9-17)25(3,4)5;1-14(10-18-8-6-5-7-9-18)13-27-20-12-16(3)15(2)11-19(20)26-21-22(27)24-17(4)25-23(21)28;1-13-6-4-7-16(10-13)8-5-9-26-18-12-15(3)14(2)11-17(18)23-19-20(26)24-22(28)25-21(19)27;1-13-6-8-16(9-7-13)5-4-10-26-18-12-15(3)14(2)11-17(18)23-19-20(26)24-22(28)25-21(19)27/h8-11,13-14H,6-7,12H2,1-5H3,(H,28,30,31);5-9,11-12,14H,4,10,13H2,1-3H3,(H,25,28);4,6-7,10-12H,5,8-9H2,1-3H3,(H,25,27,28);6-9,11-12H,4-5,10H2,1-3H3,(H,25,27,28). The van der Waals surface area contributed by atoms with E-state index in [1.54, 1.807) is 0 Å². The lowest BCUT2D eigenvalue weighted by Crippen LogP contribution is -2.43. The normalized spacial score (nSPS) is 12.1. The quantitative estimate of drug-likeness (QED) is 0.0654. The van der Waals surface area contributed by atoms with E-state index < -0.39 is 33.7 Å². The summed E-state index contributed by atoms with van der Waals surface area (Å²) in [4.78, 5) is 131. The van der Waals surface area contributed by atoms with E-state index in [0.717, 1.165) is 135 Å². The smallest absolute Gasteiger partial charge is 0.322 e. The molecule has 23 nitrogen and oxygen atoms in total. The third-order valence-electron chi connectivity index (χ3n) is 21.5. The number of aromatic nitrogens is 14. The molecule has 0 radical (unpaired) electrons. The van der Waals surface area contributed by atoms with Crippen molar-refractivity contribution in [1.29, 1.82) is 0 Å². The second kappa shape index (κ2) is 33.7. The first-order valence-electron chi connectivity index (χ1n) is 39.0. The molecule has 7 aliphatic heterocycles. The van der Waals surface area contributed by atoms with Crippen LogP contribution in [-0.2, 0) is 50.7 Å². The molecule has 7 aliphatic rings. The predicted octanol–water partition coefficient (Wildman–Crippen LogP) is 13.5. The van der Waals surface area contributed by atoms with Gasteiger partial charge in [0.1, 0.15) is 5.48 Å². The zero-order valence-electron chi connectivity index (χ0n) is 67.7. The zero-order chi connectivity index (χ0) is 81.8. The van der Waals surface area contributed by atoms with Crippen LogP contribution in [0.3, 0.4) is 0 Å². The van der Waals surface area contributed by atoms with Gasteiger partial charge in [-0.2, -0.15) is 15.0 Å². The van der Waals surface area contributed by atoms with E-state index in [1.807, 2.05) is 85.6 Å². The van der Waals surface area contributed by atoms with Gasteiger partial charge in [-0.15, -0.1) is 0 Å². The van der Waals surface area contributed by atoms with Gasteiger partial charge in [-0.25, -0.2) is 39.3 Å². The van der Waals surface area contributed by atoms with Crippen LogP contribution in [0, 0.1) is 75.2 Å². The van der Waals surface area contributed by atoms with E-state index in [4.69, 9.17) is 0 Å². The summed E-state index contributed by atoms with van der Waals surface area (Å²) < 4.78 is 5.87. The Bertz CT molecular complexity index is 6670. The molecule has 0 fully saturated rings. The molecule has 1 unspecified atom stereocenters. The largest absolute Gasteiger partial charge is 0.349 e. The first-order valence-corrected chi connectivity index (χ1v) is 39.0. The molecule has 0 aliphatic carbocycles. The molecule has 8 heterocycles. The first-order chi connectivity index (χ1) is 54.9. The van der Waals surface area contributed by atoms with Gasteiger partial charge in [0.15, 0.2) is 45.7 Å². The second-order valence-electron chi connectivity index (χ2n) is 31.6. The van der Waals surface area contributed by atoms with Crippen LogP contribution in [-0.4, -0.2) is 75.1 Å². The van der Waals surface area contributed by atoms with E-state index >= 15 is 0 Å².